The van der Waals surface area contributed by atoms with E-state index in [1.165, 1.54) is 0 Å². The molecule has 0 amide bonds. The first kappa shape index (κ1) is 12.9. The lowest BCUT2D eigenvalue weighted by molar-refractivity contribution is 0.208. The number of hydrogen-bond acceptors (Lipinski definition) is 3. The molecule has 1 fully saturated rings. The van der Waals surface area contributed by atoms with Crippen LogP contribution in [0.3, 0.4) is 0 Å². The molecule has 1 atom stereocenters. The van der Waals surface area contributed by atoms with Crippen LogP contribution in [0.25, 0.3) is 0 Å². The topological polar surface area (TPSA) is 43.7 Å². The molecule has 0 aromatic heterocycles. The summed E-state index contributed by atoms with van der Waals surface area (Å²) in [5, 5.41) is 18.6. The molecule has 3 nitrogen and oxygen atoms in total. The molecule has 0 spiro atoms. The van der Waals surface area contributed by atoms with Crippen molar-refractivity contribution in [2.24, 2.45) is 5.92 Å². The van der Waals surface area contributed by atoms with Crippen LogP contribution in [0.5, 0.6) is 0 Å². The van der Waals surface area contributed by atoms with Crippen LogP contribution >= 0.6 is 15.9 Å². The number of nitrogens with zero attached hydrogens (tertiary/aromatic N) is 1. The zero-order valence-electron chi connectivity index (χ0n) is 9.77. The zero-order valence-corrected chi connectivity index (χ0v) is 11.4. The van der Waals surface area contributed by atoms with E-state index < -0.39 is 0 Å². The molecular formula is C13H18BrNO2. The van der Waals surface area contributed by atoms with Gasteiger partial charge in [0.15, 0.2) is 0 Å². The molecule has 17 heavy (non-hydrogen) atoms. The minimum Gasteiger partial charge on any atom is -0.396 e. The van der Waals surface area contributed by atoms with E-state index in [2.05, 4.69) is 20.8 Å². The lowest BCUT2D eigenvalue weighted by atomic mass is 9.98. The maximum absolute atomic E-state index is 9.40. The van der Waals surface area contributed by atoms with Crippen LogP contribution in [0.4, 0.5) is 5.69 Å². The van der Waals surface area contributed by atoms with Crippen molar-refractivity contribution in [2.45, 2.75) is 19.4 Å². The van der Waals surface area contributed by atoms with E-state index in [1.807, 2.05) is 18.2 Å². The highest BCUT2D eigenvalue weighted by molar-refractivity contribution is 9.10. The predicted molar refractivity (Wildman–Crippen MR) is 72.1 cm³/mol. The van der Waals surface area contributed by atoms with Gasteiger partial charge in [-0.25, -0.2) is 0 Å². The van der Waals surface area contributed by atoms with Crippen LogP contribution in [0, 0.1) is 5.92 Å². The van der Waals surface area contributed by atoms with Crippen molar-refractivity contribution in [3.8, 4) is 0 Å². The number of piperidine rings is 1. The number of halogens is 1. The molecular weight excluding hydrogens is 282 g/mol. The van der Waals surface area contributed by atoms with E-state index in [9.17, 15) is 10.2 Å². The highest BCUT2D eigenvalue weighted by Gasteiger charge is 2.21. The highest BCUT2D eigenvalue weighted by Crippen LogP contribution is 2.28. The Labute approximate surface area is 110 Å². The average molecular weight is 300 g/mol. The molecule has 1 aliphatic heterocycles. The summed E-state index contributed by atoms with van der Waals surface area (Å²) in [5.74, 6) is 0.360. The first-order valence-corrected chi connectivity index (χ1v) is 6.79. The molecule has 0 bridgehead atoms. The molecule has 4 heteroatoms. The largest absolute Gasteiger partial charge is 0.396 e. The second-order valence-electron chi connectivity index (χ2n) is 4.57. The summed E-state index contributed by atoms with van der Waals surface area (Å²) < 4.78 is 0.987. The zero-order chi connectivity index (χ0) is 12.3. The molecule has 0 radical (unpaired) electrons. The van der Waals surface area contributed by atoms with Crippen molar-refractivity contribution in [1.29, 1.82) is 0 Å². The third-order valence-corrected chi connectivity index (χ3v) is 3.82. The fourth-order valence-electron chi connectivity index (χ4n) is 2.42. The standard InChI is InChI=1S/C13H18BrNO2/c14-12-3-4-13(11(6-12)9-17)15-5-1-2-10(7-15)8-16/h3-4,6,10,16-17H,1-2,5,7-9H2. The van der Waals surface area contributed by atoms with Crippen LogP contribution < -0.4 is 4.90 Å². The van der Waals surface area contributed by atoms with Gasteiger partial charge in [0.05, 0.1) is 6.61 Å². The Morgan fingerprint density at radius 2 is 2.18 bits per heavy atom. The third-order valence-electron chi connectivity index (χ3n) is 3.33. The van der Waals surface area contributed by atoms with Crippen molar-refractivity contribution in [2.75, 3.05) is 24.6 Å². The third kappa shape index (κ3) is 3.00. The number of aliphatic hydroxyl groups is 2. The Bertz CT molecular complexity index is 384. The van der Waals surface area contributed by atoms with Gasteiger partial charge in [0.1, 0.15) is 0 Å². The lowest BCUT2D eigenvalue weighted by Crippen LogP contribution is -2.37. The first-order chi connectivity index (χ1) is 8.24. The van der Waals surface area contributed by atoms with Crippen molar-refractivity contribution in [3.63, 3.8) is 0 Å². The summed E-state index contributed by atoms with van der Waals surface area (Å²) in [6.45, 7) is 2.19. The second kappa shape index (κ2) is 5.85. The van der Waals surface area contributed by atoms with Gasteiger partial charge in [-0.3, -0.25) is 0 Å². The van der Waals surface area contributed by atoms with E-state index in [4.69, 9.17) is 0 Å². The van der Waals surface area contributed by atoms with Gasteiger partial charge in [0.25, 0.3) is 0 Å². The Balaban J connectivity index is 2.20. The Hall–Kier alpha value is -0.580. The van der Waals surface area contributed by atoms with Crippen LogP contribution in [0.15, 0.2) is 22.7 Å². The highest BCUT2D eigenvalue weighted by atomic mass is 79.9. The van der Waals surface area contributed by atoms with E-state index in [0.717, 1.165) is 41.7 Å². The van der Waals surface area contributed by atoms with Gasteiger partial charge in [0.2, 0.25) is 0 Å². The van der Waals surface area contributed by atoms with Gasteiger partial charge >= 0.3 is 0 Å². The van der Waals surface area contributed by atoms with Crippen LogP contribution in [0.2, 0.25) is 0 Å². The summed E-state index contributed by atoms with van der Waals surface area (Å²) in [6, 6.07) is 5.99. The SMILES string of the molecule is OCc1cc(Br)ccc1N1CCCC(CO)C1. The summed E-state index contributed by atoms with van der Waals surface area (Å²) in [4.78, 5) is 2.27. The lowest BCUT2D eigenvalue weighted by Gasteiger charge is -2.34. The predicted octanol–water partition coefficient (Wildman–Crippen LogP) is 2.15. The van der Waals surface area contributed by atoms with Crippen LogP contribution in [-0.2, 0) is 6.61 Å². The molecule has 2 N–H and O–H groups in total. The summed E-state index contributed by atoms with van der Waals surface area (Å²) in [7, 11) is 0. The first-order valence-electron chi connectivity index (χ1n) is 5.99. The quantitative estimate of drug-likeness (QED) is 0.899. The minimum absolute atomic E-state index is 0.0507. The molecule has 2 rings (SSSR count). The summed E-state index contributed by atoms with van der Waals surface area (Å²) in [5.41, 5.74) is 2.03. The maximum atomic E-state index is 9.40. The summed E-state index contributed by atoms with van der Waals surface area (Å²) >= 11 is 3.42. The van der Waals surface area contributed by atoms with Gasteiger partial charge in [-0.1, -0.05) is 15.9 Å². The van der Waals surface area contributed by atoms with Crippen LogP contribution in [0.1, 0.15) is 18.4 Å². The van der Waals surface area contributed by atoms with Crippen molar-refractivity contribution in [3.05, 3.63) is 28.2 Å². The van der Waals surface area contributed by atoms with Gasteiger partial charge in [-0.15, -0.1) is 0 Å². The maximum Gasteiger partial charge on any atom is 0.0702 e. The Morgan fingerprint density at radius 1 is 1.35 bits per heavy atom. The van der Waals surface area contributed by atoms with Crippen LogP contribution in [-0.4, -0.2) is 29.9 Å². The number of hydrogen-bond donors (Lipinski definition) is 2. The van der Waals surface area contributed by atoms with E-state index in [1.54, 1.807) is 0 Å². The molecule has 1 unspecified atom stereocenters. The molecule has 1 aromatic carbocycles. The number of rotatable bonds is 3. The summed E-state index contributed by atoms with van der Waals surface area (Å²) in [6.07, 6.45) is 2.20. The average Bonchev–Trinajstić information content (AvgIpc) is 2.38. The van der Waals surface area contributed by atoms with Crippen molar-refractivity contribution in [1.82, 2.24) is 0 Å². The number of aliphatic hydroxyl groups excluding tert-OH is 2. The molecule has 1 heterocycles. The Kier molecular flexibility index (Phi) is 4.42. The Morgan fingerprint density at radius 3 is 2.88 bits per heavy atom. The molecule has 1 aromatic rings. The monoisotopic (exact) mass is 299 g/mol. The molecule has 1 saturated heterocycles. The molecule has 0 saturated carbocycles. The molecule has 0 aliphatic carbocycles. The van der Waals surface area contributed by atoms with Gasteiger partial charge in [0, 0.05) is 35.4 Å². The normalized spacial score (nSPS) is 20.6. The smallest absolute Gasteiger partial charge is 0.0702 e. The van der Waals surface area contributed by atoms with Gasteiger partial charge < -0.3 is 15.1 Å². The minimum atomic E-state index is 0.0507. The van der Waals surface area contributed by atoms with E-state index >= 15 is 0 Å². The van der Waals surface area contributed by atoms with E-state index in [0.29, 0.717) is 5.92 Å². The number of anilines is 1. The van der Waals surface area contributed by atoms with Crippen molar-refractivity contribution >= 4 is 21.6 Å². The van der Waals surface area contributed by atoms with Gasteiger partial charge in [-0.05, 0) is 37.0 Å². The number of benzene rings is 1. The second-order valence-corrected chi connectivity index (χ2v) is 5.48. The fourth-order valence-corrected chi connectivity index (χ4v) is 2.83. The van der Waals surface area contributed by atoms with Crippen molar-refractivity contribution < 1.29 is 10.2 Å². The van der Waals surface area contributed by atoms with E-state index in [-0.39, 0.29) is 13.2 Å². The van der Waals surface area contributed by atoms with Gasteiger partial charge in [-0.2, -0.15) is 0 Å². The molecule has 94 valence electrons. The fraction of sp³-hybridized carbons (Fsp3) is 0.538. The molecule has 1 aliphatic rings.